The van der Waals surface area contributed by atoms with E-state index in [1.54, 1.807) is 48.5 Å². The van der Waals surface area contributed by atoms with Crippen LogP contribution in [-0.2, 0) is 0 Å². The van der Waals surface area contributed by atoms with Gasteiger partial charge in [0.25, 0.3) is 0 Å². The van der Waals surface area contributed by atoms with Crippen molar-refractivity contribution in [2.45, 2.75) is 12.2 Å². The molecule has 0 fully saturated rings. The Morgan fingerprint density at radius 2 is 1.27 bits per heavy atom. The van der Waals surface area contributed by atoms with Crippen molar-refractivity contribution in [1.82, 2.24) is 0 Å². The normalized spacial score (nSPS) is 13.1. The first-order valence-corrected chi connectivity index (χ1v) is 8.65. The SMILES string of the molecule is N=C(c1ccc(OCC(O)CO)cc1)c1ccc(OCC(O)CCl)cc1. The molecule has 0 aliphatic rings. The topological polar surface area (TPSA) is 103 Å². The molecular formula is C19H22ClNO5. The van der Waals surface area contributed by atoms with E-state index < -0.39 is 12.2 Å². The van der Waals surface area contributed by atoms with Crippen LogP contribution in [0.5, 0.6) is 11.5 Å². The highest BCUT2D eigenvalue weighted by Gasteiger charge is 2.08. The van der Waals surface area contributed by atoms with Gasteiger partial charge in [0.15, 0.2) is 0 Å². The van der Waals surface area contributed by atoms with Crippen molar-refractivity contribution in [3.63, 3.8) is 0 Å². The molecule has 0 heterocycles. The van der Waals surface area contributed by atoms with E-state index in [0.717, 1.165) is 5.56 Å². The monoisotopic (exact) mass is 379 g/mol. The van der Waals surface area contributed by atoms with E-state index in [2.05, 4.69) is 0 Å². The second kappa shape index (κ2) is 10.1. The Morgan fingerprint density at radius 3 is 1.65 bits per heavy atom. The van der Waals surface area contributed by atoms with Crippen LogP contribution in [0.15, 0.2) is 48.5 Å². The van der Waals surface area contributed by atoms with Gasteiger partial charge < -0.3 is 24.8 Å². The number of aliphatic hydroxyl groups is 3. The molecule has 0 radical (unpaired) electrons. The molecule has 0 aliphatic heterocycles. The van der Waals surface area contributed by atoms with Crippen molar-refractivity contribution in [1.29, 1.82) is 5.41 Å². The fourth-order valence-corrected chi connectivity index (χ4v) is 2.17. The summed E-state index contributed by atoms with van der Waals surface area (Å²) >= 11 is 5.52. The summed E-state index contributed by atoms with van der Waals surface area (Å²) in [6, 6.07) is 13.9. The van der Waals surface area contributed by atoms with Crippen LogP contribution in [-0.4, -0.2) is 58.9 Å². The number of hydrogen-bond acceptors (Lipinski definition) is 6. The summed E-state index contributed by atoms with van der Waals surface area (Å²) in [5, 5.41) is 35.7. The summed E-state index contributed by atoms with van der Waals surface area (Å²) in [7, 11) is 0. The zero-order valence-electron chi connectivity index (χ0n) is 14.1. The van der Waals surface area contributed by atoms with Crippen molar-refractivity contribution in [2.75, 3.05) is 25.7 Å². The van der Waals surface area contributed by atoms with Crippen LogP contribution in [0, 0.1) is 5.41 Å². The van der Waals surface area contributed by atoms with Crippen molar-refractivity contribution < 1.29 is 24.8 Å². The van der Waals surface area contributed by atoms with E-state index in [0.29, 0.717) is 22.8 Å². The van der Waals surface area contributed by atoms with Gasteiger partial charge >= 0.3 is 0 Å². The van der Waals surface area contributed by atoms with E-state index in [1.165, 1.54) is 0 Å². The van der Waals surface area contributed by atoms with Gasteiger partial charge in [0, 0.05) is 11.1 Å². The highest BCUT2D eigenvalue weighted by atomic mass is 35.5. The Bertz CT molecular complexity index is 631. The van der Waals surface area contributed by atoms with Crippen LogP contribution in [0.25, 0.3) is 0 Å². The highest BCUT2D eigenvalue weighted by molar-refractivity contribution is 6.18. The molecule has 0 saturated carbocycles. The van der Waals surface area contributed by atoms with Gasteiger partial charge in [-0.15, -0.1) is 11.6 Å². The number of rotatable bonds is 10. The lowest BCUT2D eigenvalue weighted by Crippen LogP contribution is -2.21. The zero-order valence-corrected chi connectivity index (χ0v) is 14.9. The molecule has 0 bridgehead atoms. The summed E-state index contributed by atoms with van der Waals surface area (Å²) in [5.74, 6) is 1.26. The average Bonchev–Trinajstić information content (AvgIpc) is 2.70. The van der Waals surface area contributed by atoms with Crippen molar-refractivity contribution >= 4 is 17.3 Å². The minimum atomic E-state index is -0.917. The molecule has 0 amide bonds. The number of alkyl halides is 1. The minimum absolute atomic E-state index is 0.00711. The van der Waals surface area contributed by atoms with Crippen molar-refractivity contribution in [3.05, 3.63) is 59.7 Å². The van der Waals surface area contributed by atoms with E-state index in [4.69, 9.17) is 31.6 Å². The number of ether oxygens (including phenoxy) is 2. The predicted octanol–water partition coefficient (Wildman–Crippen LogP) is 1.81. The third-order valence-electron chi connectivity index (χ3n) is 3.56. The van der Waals surface area contributed by atoms with Gasteiger partial charge in [-0.2, -0.15) is 0 Å². The minimum Gasteiger partial charge on any atom is -0.491 e. The summed E-state index contributed by atoms with van der Waals surface area (Å²) in [6.45, 7) is -0.229. The highest BCUT2D eigenvalue weighted by Crippen LogP contribution is 2.18. The molecular weight excluding hydrogens is 358 g/mol. The number of nitrogens with one attached hydrogen (secondary N) is 1. The molecule has 2 aromatic carbocycles. The molecule has 7 heteroatoms. The maximum atomic E-state index is 9.39. The van der Waals surface area contributed by atoms with E-state index in [-0.39, 0.29) is 25.7 Å². The Balaban J connectivity index is 1.95. The van der Waals surface area contributed by atoms with Crippen LogP contribution < -0.4 is 9.47 Å². The van der Waals surface area contributed by atoms with Gasteiger partial charge in [-0.25, -0.2) is 0 Å². The van der Waals surface area contributed by atoms with Gasteiger partial charge in [0.2, 0.25) is 0 Å². The van der Waals surface area contributed by atoms with Crippen LogP contribution >= 0.6 is 11.6 Å². The van der Waals surface area contributed by atoms with Crippen LogP contribution in [0.1, 0.15) is 11.1 Å². The van der Waals surface area contributed by atoms with Gasteiger partial charge in [-0.1, -0.05) is 0 Å². The Morgan fingerprint density at radius 1 is 0.846 bits per heavy atom. The second-order valence-corrected chi connectivity index (χ2v) is 6.00. The molecule has 0 saturated heterocycles. The molecule has 2 atom stereocenters. The van der Waals surface area contributed by atoms with E-state index in [9.17, 15) is 10.2 Å². The van der Waals surface area contributed by atoms with Gasteiger partial charge in [0.05, 0.1) is 18.2 Å². The molecule has 6 nitrogen and oxygen atoms in total. The summed E-state index contributed by atoms with van der Waals surface area (Å²) in [5.41, 5.74) is 1.78. The first-order chi connectivity index (χ1) is 12.5. The third kappa shape index (κ3) is 6.00. The van der Waals surface area contributed by atoms with Gasteiger partial charge in [0.1, 0.15) is 36.9 Å². The van der Waals surface area contributed by atoms with Crippen LogP contribution in [0.2, 0.25) is 0 Å². The Kier molecular flexibility index (Phi) is 7.87. The molecule has 4 N–H and O–H groups in total. The molecule has 140 valence electrons. The lowest BCUT2D eigenvalue weighted by molar-refractivity contribution is 0.0536. The number of aliphatic hydroxyl groups excluding tert-OH is 3. The Labute approximate surface area is 157 Å². The van der Waals surface area contributed by atoms with Crippen LogP contribution in [0.4, 0.5) is 0 Å². The molecule has 0 aromatic heterocycles. The van der Waals surface area contributed by atoms with Gasteiger partial charge in [-0.3, -0.25) is 5.41 Å². The molecule has 26 heavy (non-hydrogen) atoms. The fraction of sp³-hybridized carbons (Fsp3) is 0.316. The lowest BCUT2D eigenvalue weighted by atomic mass is 10.0. The fourth-order valence-electron chi connectivity index (χ4n) is 2.08. The molecule has 2 unspecified atom stereocenters. The van der Waals surface area contributed by atoms with Crippen molar-refractivity contribution in [3.8, 4) is 11.5 Å². The molecule has 0 spiro atoms. The quantitative estimate of drug-likeness (QED) is 0.372. The summed E-state index contributed by atoms with van der Waals surface area (Å²) < 4.78 is 10.8. The summed E-state index contributed by atoms with van der Waals surface area (Å²) in [6.07, 6.45) is -1.63. The maximum absolute atomic E-state index is 9.39. The molecule has 2 rings (SSSR count). The van der Waals surface area contributed by atoms with E-state index >= 15 is 0 Å². The first-order valence-electron chi connectivity index (χ1n) is 8.11. The number of halogens is 1. The number of hydrogen-bond donors (Lipinski definition) is 4. The molecule has 2 aromatic rings. The smallest absolute Gasteiger partial charge is 0.119 e. The zero-order chi connectivity index (χ0) is 18.9. The van der Waals surface area contributed by atoms with E-state index in [1.807, 2.05) is 0 Å². The standard InChI is InChI=1S/C19H22ClNO5/c20-9-15(23)11-25-17-5-1-13(2-6-17)19(21)14-3-7-18(8-4-14)26-12-16(24)10-22/h1-8,15-16,21-24H,9-12H2. The van der Waals surface area contributed by atoms with Crippen molar-refractivity contribution in [2.24, 2.45) is 0 Å². The number of benzene rings is 2. The third-order valence-corrected chi connectivity index (χ3v) is 3.92. The second-order valence-electron chi connectivity index (χ2n) is 5.69. The molecule has 0 aliphatic carbocycles. The van der Waals surface area contributed by atoms with Gasteiger partial charge in [-0.05, 0) is 48.5 Å². The Hall–Kier alpha value is -2.12. The largest absolute Gasteiger partial charge is 0.491 e. The average molecular weight is 380 g/mol. The van der Waals surface area contributed by atoms with Crippen LogP contribution in [0.3, 0.4) is 0 Å². The lowest BCUT2D eigenvalue weighted by Gasteiger charge is -2.12. The first kappa shape index (κ1) is 20.2. The summed E-state index contributed by atoms with van der Waals surface area (Å²) in [4.78, 5) is 0. The maximum Gasteiger partial charge on any atom is 0.119 e. The predicted molar refractivity (Wildman–Crippen MR) is 99.6 cm³/mol.